The molecule has 0 aliphatic carbocycles. The second-order valence-corrected chi connectivity index (χ2v) is 5.18. The van der Waals surface area contributed by atoms with Crippen LogP contribution in [0.5, 0.6) is 0 Å². The van der Waals surface area contributed by atoms with Gasteiger partial charge in [0.1, 0.15) is 0 Å². The molecule has 100 valence electrons. The van der Waals surface area contributed by atoms with Gasteiger partial charge in [-0.15, -0.1) is 0 Å². The van der Waals surface area contributed by atoms with Crippen molar-refractivity contribution < 1.29 is 0 Å². The molecule has 0 atom stereocenters. The van der Waals surface area contributed by atoms with Crippen LogP contribution in [0.2, 0.25) is 0 Å². The smallest absolute Gasteiger partial charge is 0.0225 e. The fourth-order valence-electron chi connectivity index (χ4n) is 2.39. The molecule has 0 bridgehead atoms. The molecular weight excluding hydrogens is 216 g/mol. The molecule has 0 saturated carbocycles. The summed E-state index contributed by atoms with van der Waals surface area (Å²) in [7, 11) is 0. The van der Waals surface area contributed by atoms with Gasteiger partial charge < -0.3 is 0 Å². The van der Waals surface area contributed by atoms with E-state index in [0.29, 0.717) is 0 Å². The molecule has 1 aromatic carbocycles. The van der Waals surface area contributed by atoms with Crippen LogP contribution in [-0.4, -0.2) is 0 Å². The molecule has 18 heavy (non-hydrogen) atoms. The standard InChI is InChI=1S/C18H28/c1-5-8-11-16-14-17(10-7-3)18(12-9-6-2)13-15(16)4/h7,10,13-14H,5-6,8-9,11-12H2,1-4H3. The van der Waals surface area contributed by atoms with E-state index in [0.717, 1.165) is 0 Å². The maximum Gasteiger partial charge on any atom is -0.0225 e. The van der Waals surface area contributed by atoms with Crippen LogP contribution in [0.4, 0.5) is 0 Å². The van der Waals surface area contributed by atoms with Gasteiger partial charge in [-0.3, -0.25) is 0 Å². The summed E-state index contributed by atoms with van der Waals surface area (Å²) in [5.74, 6) is 0. The van der Waals surface area contributed by atoms with Gasteiger partial charge in [-0.25, -0.2) is 0 Å². The molecule has 0 aromatic heterocycles. The van der Waals surface area contributed by atoms with Gasteiger partial charge in [0.2, 0.25) is 0 Å². The molecule has 0 radical (unpaired) electrons. The fourth-order valence-corrected chi connectivity index (χ4v) is 2.39. The SMILES string of the molecule is CC=Cc1cc(CCCC)c(C)cc1CCCC. The number of rotatable bonds is 7. The van der Waals surface area contributed by atoms with Crippen LogP contribution >= 0.6 is 0 Å². The van der Waals surface area contributed by atoms with E-state index in [1.165, 1.54) is 60.8 Å². The monoisotopic (exact) mass is 244 g/mol. The highest BCUT2D eigenvalue weighted by Crippen LogP contribution is 2.21. The second kappa shape index (κ2) is 8.13. The Hall–Kier alpha value is -1.04. The molecule has 1 aromatic rings. The number of unbranched alkanes of at least 4 members (excludes halogenated alkanes) is 2. The largest absolute Gasteiger partial charge is 0.0871 e. The van der Waals surface area contributed by atoms with Gasteiger partial charge in [-0.2, -0.15) is 0 Å². The van der Waals surface area contributed by atoms with Crippen molar-refractivity contribution in [1.82, 2.24) is 0 Å². The zero-order chi connectivity index (χ0) is 13.4. The van der Waals surface area contributed by atoms with Gasteiger partial charge in [0.15, 0.2) is 0 Å². The Kier molecular flexibility index (Phi) is 6.78. The van der Waals surface area contributed by atoms with E-state index in [1.54, 1.807) is 0 Å². The van der Waals surface area contributed by atoms with E-state index < -0.39 is 0 Å². The van der Waals surface area contributed by atoms with E-state index in [2.05, 4.69) is 52.0 Å². The summed E-state index contributed by atoms with van der Waals surface area (Å²) in [5.41, 5.74) is 5.96. The van der Waals surface area contributed by atoms with Gasteiger partial charge in [0.05, 0.1) is 0 Å². The van der Waals surface area contributed by atoms with Crippen molar-refractivity contribution in [2.75, 3.05) is 0 Å². The van der Waals surface area contributed by atoms with Crippen LogP contribution in [0.3, 0.4) is 0 Å². The lowest BCUT2D eigenvalue weighted by molar-refractivity contribution is 0.781. The Morgan fingerprint density at radius 3 is 2.11 bits per heavy atom. The average molecular weight is 244 g/mol. The molecule has 0 N–H and O–H groups in total. The molecule has 0 fully saturated rings. The quantitative estimate of drug-likeness (QED) is 0.576. The van der Waals surface area contributed by atoms with Gasteiger partial charge in [0.25, 0.3) is 0 Å². The van der Waals surface area contributed by atoms with E-state index >= 15 is 0 Å². The molecular formula is C18H28. The highest BCUT2D eigenvalue weighted by molar-refractivity contribution is 5.56. The predicted octanol–water partition coefficient (Wildman–Crippen LogP) is 5.71. The van der Waals surface area contributed by atoms with E-state index in [9.17, 15) is 0 Å². The van der Waals surface area contributed by atoms with Crippen molar-refractivity contribution in [1.29, 1.82) is 0 Å². The lowest BCUT2D eigenvalue weighted by Gasteiger charge is -2.12. The van der Waals surface area contributed by atoms with Gasteiger partial charge in [0, 0.05) is 0 Å². The minimum absolute atomic E-state index is 1.21. The molecule has 0 nitrogen and oxygen atoms in total. The zero-order valence-electron chi connectivity index (χ0n) is 12.6. The molecule has 1 rings (SSSR count). The molecule has 0 amide bonds. The first kappa shape index (κ1) is 15.0. The lowest BCUT2D eigenvalue weighted by atomic mass is 9.93. The maximum atomic E-state index is 2.41. The third-order valence-electron chi connectivity index (χ3n) is 3.54. The number of allylic oxidation sites excluding steroid dienone is 1. The first-order valence-corrected chi connectivity index (χ1v) is 7.48. The molecule has 0 heterocycles. The summed E-state index contributed by atoms with van der Waals surface area (Å²) < 4.78 is 0. The topological polar surface area (TPSA) is 0 Å². The molecule has 0 aliphatic heterocycles. The average Bonchev–Trinajstić information content (AvgIpc) is 2.37. The van der Waals surface area contributed by atoms with Crippen LogP contribution in [0.15, 0.2) is 18.2 Å². The molecule has 0 heteroatoms. The summed E-state index contributed by atoms with van der Waals surface area (Å²) in [4.78, 5) is 0. The van der Waals surface area contributed by atoms with Crippen LogP contribution in [-0.2, 0) is 12.8 Å². The fraction of sp³-hybridized carbons (Fsp3) is 0.556. The highest BCUT2D eigenvalue weighted by Gasteiger charge is 2.05. The molecule has 0 unspecified atom stereocenters. The summed E-state index contributed by atoms with van der Waals surface area (Å²) in [6.07, 6.45) is 12.0. The Balaban J connectivity index is 3.00. The summed E-state index contributed by atoms with van der Waals surface area (Å²) >= 11 is 0. The second-order valence-electron chi connectivity index (χ2n) is 5.18. The maximum absolute atomic E-state index is 2.41. The van der Waals surface area contributed by atoms with E-state index in [4.69, 9.17) is 0 Å². The Morgan fingerprint density at radius 2 is 1.56 bits per heavy atom. The van der Waals surface area contributed by atoms with Crippen molar-refractivity contribution in [3.63, 3.8) is 0 Å². The molecule has 0 saturated heterocycles. The molecule has 0 aliphatic rings. The van der Waals surface area contributed by atoms with Crippen molar-refractivity contribution in [3.05, 3.63) is 40.5 Å². The van der Waals surface area contributed by atoms with Gasteiger partial charge >= 0.3 is 0 Å². The summed E-state index contributed by atoms with van der Waals surface area (Å²) in [6.45, 7) is 8.89. The first-order valence-electron chi connectivity index (χ1n) is 7.48. The van der Waals surface area contributed by atoms with E-state index in [-0.39, 0.29) is 0 Å². The molecule has 0 spiro atoms. The van der Waals surface area contributed by atoms with Crippen molar-refractivity contribution in [2.24, 2.45) is 0 Å². The predicted molar refractivity (Wildman–Crippen MR) is 83.1 cm³/mol. The third kappa shape index (κ3) is 4.33. The van der Waals surface area contributed by atoms with E-state index in [1.807, 2.05) is 0 Å². The Morgan fingerprint density at radius 1 is 0.944 bits per heavy atom. The summed E-state index contributed by atoms with van der Waals surface area (Å²) in [5, 5.41) is 0. The number of hydrogen-bond acceptors (Lipinski definition) is 0. The number of hydrogen-bond donors (Lipinski definition) is 0. The van der Waals surface area contributed by atoms with Crippen LogP contribution in [0.25, 0.3) is 6.08 Å². The zero-order valence-corrected chi connectivity index (χ0v) is 12.6. The third-order valence-corrected chi connectivity index (χ3v) is 3.54. The van der Waals surface area contributed by atoms with Gasteiger partial charge in [-0.1, -0.05) is 51.0 Å². The van der Waals surface area contributed by atoms with Crippen molar-refractivity contribution in [3.8, 4) is 0 Å². The van der Waals surface area contributed by atoms with Crippen LogP contribution in [0, 0.1) is 6.92 Å². The van der Waals surface area contributed by atoms with Crippen LogP contribution in [0.1, 0.15) is 68.7 Å². The normalized spacial score (nSPS) is 11.3. The number of benzene rings is 1. The first-order chi connectivity index (χ1) is 8.72. The lowest BCUT2D eigenvalue weighted by Crippen LogP contribution is -1.97. The van der Waals surface area contributed by atoms with Crippen molar-refractivity contribution in [2.45, 2.75) is 66.2 Å². The Labute approximate surface area is 113 Å². The van der Waals surface area contributed by atoms with Crippen LogP contribution < -0.4 is 0 Å². The van der Waals surface area contributed by atoms with Gasteiger partial charge in [-0.05, 0) is 61.8 Å². The number of aryl methyl sites for hydroxylation is 3. The Bertz CT molecular complexity index is 385. The minimum atomic E-state index is 1.21. The van der Waals surface area contributed by atoms with Crippen molar-refractivity contribution >= 4 is 6.08 Å². The highest BCUT2D eigenvalue weighted by atomic mass is 14.1. The minimum Gasteiger partial charge on any atom is -0.0871 e. The summed E-state index contributed by atoms with van der Waals surface area (Å²) in [6, 6.07) is 4.83.